The Morgan fingerprint density at radius 3 is 2.50 bits per heavy atom. The first kappa shape index (κ1) is 20.4. The zero-order valence-electron chi connectivity index (χ0n) is 16.2. The smallest absolute Gasteiger partial charge is 0.264 e. The molecule has 3 aromatic rings. The molecule has 5 nitrogen and oxygen atoms in total. The highest BCUT2D eigenvalue weighted by atomic mass is 35.5. The number of hydrogen-bond donors (Lipinski definition) is 1. The quantitative estimate of drug-likeness (QED) is 0.627. The first-order valence-corrected chi connectivity index (χ1v) is 11.5. The van der Waals surface area contributed by atoms with Crippen LogP contribution in [-0.4, -0.2) is 20.9 Å². The molecule has 1 aliphatic heterocycles. The highest BCUT2D eigenvalue weighted by Gasteiger charge is 2.29. The summed E-state index contributed by atoms with van der Waals surface area (Å²) in [6.07, 6.45) is 1.64. The molecule has 0 aromatic heterocycles. The summed E-state index contributed by atoms with van der Waals surface area (Å²) < 4.78 is 27.6. The van der Waals surface area contributed by atoms with Crippen molar-refractivity contribution in [2.45, 2.75) is 24.2 Å². The number of fused-ring (bicyclic) bond motifs is 1. The van der Waals surface area contributed by atoms with Gasteiger partial charge in [-0.1, -0.05) is 48.0 Å². The van der Waals surface area contributed by atoms with Gasteiger partial charge in [-0.05, 0) is 60.4 Å². The summed E-state index contributed by atoms with van der Waals surface area (Å²) in [4.78, 5) is 12.7. The van der Waals surface area contributed by atoms with E-state index < -0.39 is 10.0 Å². The van der Waals surface area contributed by atoms with Crippen LogP contribution in [0.3, 0.4) is 0 Å². The van der Waals surface area contributed by atoms with E-state index in [1.165, 1.54) is 4.31 Å². The summed E-state index contributed by atoms with van der Waals surface area (Å²) in [5.41, 5.74) is 2.96. The average molecular weight is 441 g/mol. The van der Waals surface area contributed by atoms with Crippen molar-refractivity contribution >= 4 is 38.9 Å². The average Bonchev–Trinajstić information content (AvgIpc) is 2.75. The number of halogens is 1. The van der Waals surface area contributed by atoms with Crippen LogP contribution in [0.4, 0.5) is 11.4 Å². The molecule has 0 saturated carbocycles. The number of carbonyl (C=O) groups is 1. The summed E-state index contributed by atoms with van der Waals surface area (Å²) in [5.74, 6) is -0.173. The number of anilines is 2. The number of hydrogen-bond acceptors (Lipinski definition) is 3. The number of benzene rings is 3. The Morgan fingerprint density at radius 2 is 1.73 bits per heavy atom. The lowest BCUT2D eigenvalue weighted by atomic mass is 10.0. The lowest BCUT2D eigenvalue weighted by molar-refractivity contribution is -0.115. The van der Waals surface area contributed by atoms with Crippen LogP contribution in [0.15, 0.2) is 77.7 Å². The molecule has 4 rings (SSSR count). The van der Waals surface area contributed by atoms with E-state index in [0.717, 1.165) is 24.0 Å². The second-order valence-corrected chi connectivity index (χ2v) is 9.42. The maximum atomic E-state index is 13.1. The lowest BCUT2D eigenvalue weighted by Crippen LogP contribution is -2.35. The summed E-state index contributed by atoms with van der Waals surface area (Å²) in [5, 5.41) is 3.44. The third kappa shape index (κ3) is 4.20. The molecule has 1 aliphatic rings. The Balaban J connectivity index is 1.55. The van der Waals surface area contributed by atoms with E-state index in [9.17, 15) is 13.2 Å². The molecule has 1 N–H and O–H groups in total. The van der Waals surface area contributed by atoms with Gasteiger partial charge >= 0.3 is 0 Å². The van der Waals surface area contributed by atoms with E-state index in [1.54, 1.807) is 48.5 Å². The Kier molecular flexibility index (Phi) is 5.79. The normalized spacial score (nSPS) is 13.6. The zero-order chi connectivity index (χ0) is 21.1. The van der Waals surface area contributed by atoms with Crippen LogP contribution in [0.2, 0.25) is 5.02 Å². The molecule has 30 heavy (non-hydrogen) atoms. The fourth-order valence-electron chi connectivity index (χ4n) is 3.63. The summed E-state index contributed by atoms with van der Waals surface area (Å²) in [7, 11) is -3.63. The standard InChI is InChI=1S/C23H21ClN2O3S/c24-21-11-5-4-7-17(21)16-23(27)25-19-12-13-22-18(15-19)8-6-14-26(22)30(28,29)20-9-2-1-3-10-20/h1-5,7,9-13,15H,6,8,14,16H2,(H,25,27). The molecule has 1 amide bonds. The SMILES string of the molecule is O=C(Cc1ccccc1Cl)Nc1ccc2c(c1)CCCN2S(=O)(=O)c1ccccc1. The highest BCUT2D eigenvalue weighted by molar-refractivity contribution is 7.92. The number of amides is 1. The first-order chi connectivity index (χ1) is 14.4. The van der Waals surface area contributed by atoms with Crippen molar-refractivity contribution in [3.8, 4) is 0 Å². The van der Waals surface area contributed by atoms with Crippen molar-refractivity contribution in [1.82, 2.24) is 0 Å². The number of nitrogens with zero attached hydrogens (tertiary/aromatic N) is 1. The molecule has 0 aliphatic carbocycles. The third-order valence-corrected chi connectivity index (χ3v) is 7.28. The molecule has 1 heterocycles. The monoisotopic (exact) mass is 440 g/mol. The van der Waals surface area contributed by atoms with Gasteiger partial charge in [-0.25, -0.2) is 8.42 Å². The molecular weight excluding hydrogens is 420 g/mol. The van der Waals surface area contributed by atoms with Gasteiger partial charge in [0.25, 0.3) is 10.0 Å². The predicted molar refractivity (Wildman–Crippen MR) is 120 cm³/mol. The minimum Gasteiger partial charge on any atom is -0.326 e. The Labute approximate surface area is 181 Å². The molecule has 154 valence electrons. The van der Waals surface area contributed by atoms with Crippen LogP contribution < -0.4 is 9.62 Å². The minimum absolute atomic E-state index is 0.172. The maximum absolute atomic E-state index is 13.1. The zero-order valence-corrected chi connectivity index (χ0v) is 17.8. The van der Waals surface area contributed by atoms with E-state index >= 15 is 0 Å². The predicted octanol–water partition coefficient (Wildman–Crippen LogP) is 4.66. The van der Waals surface area contributed by atoms with Crippen LogP contribution in [0.25, 0.3) is 0 Å². The molecule has 0 spiro atoms. The number of carbonyl (C=O) groups excluding carboxylic acids is 1. The van der Waals surface area contributed by atoms with Crippen molar-refractivity contribution in [3.63, 3.8) is 0 Å². The molecule has 0 fully saturated rings. The van der Waals surface area contributed by atoms with Gasteiger partial charge in [0.15, 0.2) is 0 Å². The minimum atomic E-state index is -3.63. The summed E-state index contributed by atoms with van der Waals surface area (Å²) in [6, 6.07) is 21.0. The van der Waals surface area contributed by atoms with Gasteiger partial charge in [0.1, 0.15) is 0 Å². The number of rotatable bonds is 5. The lowest BCUT2D eigenvalue weighted by Gasteiger charge is -2.31. The van der Waals surface area contributed by atoms with Crippen molar-refractivity contribution in [1.29, 1.82) is 0 Å². The van der Waals surface area contributed by atoms with Gasteiger partial charge < -0.3 is 5.32 Å². The van der Waals surface area contributed by atoms with Crippen molar-refractivity contribution in [2.75, 3.05) is 16.2 Å². The molecule has 7 heteroatoms. The third-order valence-electron chi connectivity index (χ3n) is 5.08. The highest BCUT2D eigenvalue weighted by Crippen LogP contribution is 2.33. The maximum Gasteiger partial charge on any atom is 0.264 e. The number of sulfonamides is 1. The molecule has 0 saturated heterocycles. The van der Waals surface area contributed by atoms with E-state index in [1.807, 2.05) is 24.3 Å². The Hall–Kier alpha value is -2.83. The van der Waals surface area contributed by atoms with E-state index in [4.69, 9.17) is 11.6 Å². The molecule has 0 unspecified atom stereocenters. The van der Waals surface area contributed by atoms with Crippen LogP contribution in [0.5, 0.6) is 0 Å². The van der Waals surface area contributed by atoms with Gasteiger partial charge in [0, 0.05) is 17.3 Å². The van der Waals surface area contributed by atoms with Crippen LogP contribution >= 0.6 is 11.6 Å². The van der Waals surface area contributed by atoms with Gasteiger partial charge in [0.05, 0.1) is 17.0 Å². The van der Waals surface area contributed by atoms with Gasteiger partial charge in [-0.3, -0.25) is 9.10 Å². The van der Waals surface area contributed by atoms with Gasteiger partial charge in [0.2, 0.25) is 5.91 Å². The van der Waals surface area contributed by atoms with Crippen molar-refractivity contribution in [3.05, 3.63) is 88.9 Å². The largest absolute Gasteiger partial charge is 0.326 e. The Bertz CT molecular complexity index is 1180. The van der Waals surface area contributed by atoms with Crippen LogP contribution in [0.1, 0.15) is 17.5 Å². The summed E-state index contributed by atoms with van der Waals surface area (Å²) in [6.45, 7) is 0.433. The molecule has 3 aromatic carbocycles. The second-order valence-electron chi connectivity index (χ2n) is 7.15. The van der Waals surface area contributed by atoms with Crippen LogP contribution in [0, 0.1) is 0 Å². The first-order valence-electron chi connectivity index (χ1n) is 9.69. The van der Waals surface area contributed by atoms with Crippen molar-refractivity contribution in [2.24, 2.45) is 0 Å². The molecule has 0 bridgehead atoms. The topological polar surface area (TPSA) is 66.5 Å². The molecule has 0 atom stereocenters. The van der Waals surface area contributed by atoms with Crippen LogP contribution in [-0.2, 0) is 27.7 Å². The number of aryl methyl sites for hydroxylation is 1. The fourth-order valence-corrected chi connectivity index (χ4v) is 5.39. The van der Waals surface area contributed by atoms with E-state index in [2.05, 4.69) is 5.32 Å². The van der Waals surface area contributed by atoms with Gasteiger partial charge in [-0.2, -0.15) is 0 Å². The fraction of sp³-hybridized carbons (Fsp3) is 0.174. The van der Waals surface area contributed by atoms with Gasteiger partial charge in [-0.15, -0.1) is 0 Å². The van der Waals surface area contributed by atoms with E-state index in [-0.39, 0.29) is 17.2 Å². The molecule has 0 radical (unpaired) electrons. The summed E-state index contributed by atoms with van der Waals surface area (Å²) >= 11 is 6.13. The second kappa shape index (κ2) is 8.50. The molecular formula is C23H21ClN2O3S. The Morgan fingerprint density at radius 1 is 1.00 bits per heavy atom. The van der Waals surface area contributed by atoms with E-state index in [0.29, 0.717) is 22.9 Å². The van der Waals surface area contributed by atoms with Crippen molar-refractivity contribution < 1.29 is 13.2 Å². The number of nitrogens with one attached hydrogen (secondary N) is 1.